The van der Waals surface area contributed by atoms with Crippen molar-refractivity contribution in [2.75, 3.05) is 27.3 Å². The van der Waals surface area contributed by atoms with E-state index in [1.165, 1.54) is 37.4 Å². The molecule has 1 atom stereocenters. The van der Waals surface area contributed by atoms with Crippen molar-refractivity contribution in [2.24, 2.45) is 16.6 Å². The van der Waals surface area contributed by atoms with Crippen molar-refractivity contribution in [2.45, 2.75) is 50.5 Å². The molecule has 0 bridgehead atoms. The molecule has 2 heterocycles. The quantitative estimate of drug-likeness (QED) is 0.219. The van der Waals surface area contributed by atoms with Crippen LogP contribution in [0, 0.1) is 11.3 Å². The Kier molecular flexibility index (Phi) is 11.5. The van der Waals surface area contributed by atoms with Gasteiger partial charge in [0.1, 0.15) is 24.0 Å². The maximum atomic E-state index is 12.5. The van der Waals surface area contributed by atoms with Crippen LogP contribution < -0.4 is 11.1 Å². The summed E-state index contributed by atoms with van der Waals surface area (Å²) in [5.41, 5.74) is 4.36. The van der Waals surface area contributed by atoms with Crippen LogP contribution in [0.25, 0.3) is 0 Å². The molecule has 1 aromatic rings. The average Bonchev–Trinajstić information content (AvgIpc) is 3.40. The number of carbonyl (C=O) groups is 5. The number of nitrogens with zero attached hydrogens (tertiary/aromatic N) is 3. The lowest BCUT2D eigenvalue weighted by Crippen LogP contribution is -2.58. The van der Waals surface area contributed by atoms with Crippen molar-refractivity contribution in [3.8, 4) is 0 Å². The van der Waals surface area contributed by atoms with Gasteiger partial charge >= 0.3 is 18.0 Å². The minimum Gasteiger partial charge on any atom is -0.479 e. The van der Waals surface area contributed by atoms with Crippen LogP contribution in [0.4, 0.5) is 4.79 Å². The van der Waals surface area contributed by atoms with Gasteiger partial charge in [-0.1, -0.05) is 19.3 Å². The molecule has 3 rings (SSSR count). The van der Waals surface area contributed by atoms with E-state index in [0.29, 0.717) is 19.4 Å². The first-order chi connectivity index (χ1) is 18.6. The molecule has 0 unspecified atom stereocenters. The van der Waals surface area contributed by atoms with Crippen LogP contribution in [-0.2, 0) is 23.9 Å². The van der Waals surface area contributed by atoms with Gasteiger partial charge in [0.05, 0.1) is 19.8 Å². The molecule has 2 aliphatic rings. The number of amides is 3. The predicted octanol–water partition coefficient (Wildman–Crippen LogP) is 1.12. The number of esters is 1. The molecule has 3 amide bonds. The largest absolute Gasteiger partial charge is 0.479 e. The molecular formula is C25H34N6O8. The van der Waals surface area contributed by atoms with Gasteiger partial charge in [-0.25, -0.2) is 14.4 Å². The molecule has 1 saturated heterocycles. The molecule has 1 aliphatic carbocycles. The Morgan fingerprint density at radius 2 is 1.87 bits per heavy atom. The smallest absolute Gasteiger partial charge is 0.412 e. The molecule has 0 spiro atoms. The number of pyridine rings is 1. The Hall–Kier alpha value is -4.36. The number of hydrogen-bond donors (Lipinski definition) is 4. The van der Waals surface area contributed by atoms with Crippen molar-refractivity contribution in [1.82, 2.24) is 15.2 Å². The first-order valence-corrected chi connectivity index (χ1v) is 12.4. The van der Waals surface area contributed by atoms with Gasteiger partial charge in [-0.2, -0.15) is 0 Å². The number of carboxylic acids is 1. The summed E-state index contributed by atoms with van der Waals surface area (Å²) in [4.78, 5) is 66.1. The number of hydrogen-bond acceptors (Lipinski definition) is 10. The second-order valence-corrected chi connectivity index (χ2v) is 8.99. The molecule has 39 heavy (non-hydrogen) atoms. The van der Waals surface area contributed by atoms with E-state index in [-0.39, 0.29) is 35.5 Å². The Bertz CT molecular complexity index is 1100. The predicted molar refractivity (Wildman–Crippen MR) is 138 cm³/mol. The van der Waals surface area contributed by atoms with Gasteiger partial charge in [0.2, 0.25) is 11.8 Å². The summed E-state index contributed by atoms with van der Waals surface area (Å²) in [6.45, 7) is 0.215. The highest BCUT2D eigenvalue weighted by atomic mass is 16.5. The number of nitrogens with one attached hydrogen (secondary N) is 2. The Balaban J connectivity index is 0.000000293. The third-order valence-electron chi connectivity index (χ3n) is 6.71. The number of alkyl carbamates (subject to hydrolysis) is 1. The molecule has 5 N–H and O–H groups in total. The van der Waals surface area contributed by atoms with Gasteiger partial charge in [-0.05, 0) is 43.7 Å². The third-order valence-corrected chi connectivity index (χ3v) is 6.71. The summed E-state index contributed by atoms with van der Waals surface area (Å²) >= 11 is 0. The number of aliphatic carboxylic acids is 1. The summed E-state index contributed by atoms with van der Waals surface area (Å²) in [6.07, 6.45) is 7.47. The molecule has 0 aromatic carbocycles. The zero-order chi connectivity index (χ0) is 29.0. The highest BCUT2D eigenvalue weighted by molar-refractivity contribution is 6.23. The summed E-state index contributed by atoms with van der Waals surface area (Å²) in [5, 5.41) is 19.5. The Morgan fingerprint density at radius 1 is 1.18 bits per heavy atom. The van der Waals surface area contributed by atoms with Gasteiger partial charge in [-0.3, -0.25) is 30.3 Å². The van der Waals surface area contributed by atoms with E-state index in [2.05, 4.69) is 24.8 Å². The lowest BCUT2D eigenvalue weighted by molar-refractivity contribution is -0.161. The van der Waals surface area contributed by atoms with Crippen molar-refractivity contribution in [1.29, 1.82) is 5.41 Å². The van der Waals surface area contributed by atoms with E-state index in [4.69, 9.17) is 11.1 Å². The first kappa shape index (κ1) is 30.9. The highest BCUT2D eigenvalue weighted by Gasteiger charge is 2.54. The number of carboxylic acid groups (broad SMARTS) is 1. The fourth-order valence-electron chi connectivity index (χ4n) is 4.83. The normalized spacial score (nSPS) is 19.0. The Labute approximate surface area is 225 Å². The summed E-state index contributed by atoms with van der Waals surface area (Å²) in [5.74, 6) is -2.70. The molecule has 1 aromatic heterocycles. The van der Waals surface area contributed by atoms with Crippen molar-refractivity contribution < 1.29 is 38.6 Å². The summed E-state index contributed by atoms with van der Waals surface area (Å²) in [6, 6.07) is 2.82. The summed E-state index contributed by atoms with van der Waals surface area (Å²) in [7, 11) is 2.42. The topological polar surface area (TPSA) is 214 Å². The van der Waals surface area contributed by atoms with E-state index in [1.807, 2.05) is 0 Å². The second-order valence-electron chi connectivity index (χ2n) is 8.99. The lowest BCUT2D eigenvalue weighted by atomic mass is 9.73. The van der Waals surface area contributed by atoms with Crippen LogP contribution in [0.1, 0.15) is 61.0 Å². The lowest BCUT2D eigenvalue weighted by Gasteiger charge is -2.42. The van der Waals surface area contributed by atoms with Crippen molar-refractivity contribution in [3.05, 3.63) is 29.6 Å². The number of methoxy groups -OCH3 is 2. The molecule has 212 valence electrons. The maximum Gasteiger partial charge on any atom is 0.412 e. The monoisotopic (exact) mass is 546 g/mol. The zero-order valence-corrected chi connectivity index (χ0v) is 22.0. The van der Waals surface area contributed by atoms with Crippen molar-refractivity contribution in [3.63, 3.8) is 0 Å². The SMILES string of the molecule is COC(=O)C=NCC(=O)N1CCC[C@]1(C(=O)O)C1CCCCC1.COC(=O)NC(=N)c1ccc(C(N)=O)cn1. The number of aliphatic imine (C=N–C) groups is 1. The highest BCUT2D eigenvalue weighted by Crippen LogP contribution is 2.43. The average molecular weight is 547 g/mol. The number of likely N-dealkylation sites (tertiary alicyclic amines) is 1. The van der Waals surface area contributed by atoms with Gasteiger partial charge in [-0.15, -0.1) is 0 Å². The first-order valence-electron chi connectivity index (χ1n) is 12.4. The van der Waals surface area contributed by atoms with Crippen LogP contribution in [0.5, 0.6) is 0 Å². The van der Waals surface area contributed by atoms with Gasteiger partial charge in [0.15, 0.2) is 5.84 Å². The minimum atomic E-state index is -1.10. The second kappa shape index (κ2) is 14.5. The molecule has 0 radical (unpaired) electrons. The van der Waals surface area contributed by atoms with Crippen LogP contribution in [-0.4, -0.2) is 89.7 Å². The van der Waals surface area contributed by atoms with E-state index < -0.39 is 29.5 Å². The maximum absolute atomic E-state index is 12.5. The van der Waals surface area contributed by atoms with Crippen LogP contribution in [0.15, 0.2) is 23.3 Å². The van der Waals surface area contributed by atoms with Gasteiger partial charge in [0.25, 0.3) is 0 Å². The number of ether oxygens (including phenoxy) is 2. The molecule has 1 saturated carbocycles. The third kappa shape index (κ3) is 8.06. The van der Waals surface area contributed by atoms with Crippen LogP contribution in [0.3, 0.4) is 0 Å². The number of rotatable bonds is 7. The molecule has 2 fully saturated rings. The van der Waals surface area contributed by atoms with Gasteiger partial charge in [0, 0.05) is 12.7 Å². The molecule has 1 aliphatic heterocycles. The van der Waals surface area contributed by atoms with Gasteiger partial charge < -0.3 is 25.2 Å². The molecular weight excluding hydrogens is 512 g/mol. The van der Waals surface area contributed by atoms with E-state index in [0.717, 1.165) is 38.3 Å². The minimum absolute atomic E-state index is 0.00443. The Morgan fingerprint density at radius 3 is 2.41 bits per heavy atom. The number of primary amides is 1. The molecule has 14 nitrogen and oxygen atoms in total. The van der Waals surface area contributed by atoms with Crippen molar-refractivity contribution >= 4 is 41.9 Å². The fourth-order valence-corrected chi connectivity index (χ4v) is 4.83. The number of nitrogens with two attached hydrogens (primary N) is 1. The summed E-state index contributed by atoms with van der Waals surface area (Å²) < 4.78 is 8.74. The zero-order valence-electron chi connectivity index (χ0n) is 22.0. The van der Waals surface area contributed by atoms with Crippen LogP contribution in [0.2, 0.25) is 0 Å². The van der Waals surface area contributed by atoms with Crippen LogP contribution >= 0.6 is 0 Å². The number of amidine groups is 1. The number of aromatic nitrogens is 1. The number of carbonyl (C=O) groups excluding carboxylic acids is 4. The van der Waals surface area contributed by atoms with E-state index in [1.54, 1.807) is 0 Å². The van der Waals surface area contributed by atoms with E-state index in [9.17, 15) is 29.1 Å². The molecule has 14 heteroatoms. The standard InChI is InChI=1S/C16H24N2O5.C9H10N4O3/c1-23-14(20)11-17-10-13(19)18-9-5-8-16(18,15(21)22)12-6-3-2-4-7-12;1-16-9(15)13-7(10)6-3-2-5(4-12-6)8(11)14/h11-12H,2-10H2,1H3,(H,21,22);2-4H,1H3,(H2,11,14)(H2,10,13,15)/t16-;/m1./s1. The van der Waals surface area contributed by atoms with E-state index >= 15 is 0 Å². The fraction of sp³-hybridized carbons (Fsp3) is 0.520.